The highest BCUT2D eigenvalue weighted by Crippen LogP contribution is 2.22. The van der Waals surface area contributed by atoms with Crippen molar-refractivity contribution in [3.8, 4) is 0 Å². The van der Waals surface area contributed by atoms with Crippen molar-refractivity contribution in [2.75, 3.05) is 18.0 Å². The number of alkyl halides is 1. The number of aldehydes is 1. The number of hydrogen-bond acceptors (Lipinski definition) is 3. The minimum absolute atomic E-state index is 0.580. The Hall–Kier alpha value is -1.91. The third-order valence-electron chi connectivity index (χ3n) is 3.45. The van der Waals surface area contributed by atoms with Gasteiger partial charge >= 0.3 is 0 Å². The predicted octanol–water partition coefficient (Wildman–Crippen LogP) is 2.09. The maximum Gasteiger partial charge on any atom is 0.153 e. The van der Waals surface area contributed by atoms with Crippen molar-refractivity contribution in [3.63, 3.8) is 0 Å². The van der Waals surface area contributed by atoms with Crippen LogP contribution in [0.1, 0.15) is 23.2 Å². The van der Waals surface area contributed by atoms with Crippen LogP contribution >= 0.6 is 0 Å². The summed E-state index contributed by atoms with van der Waals surface area (Å²) in [5.41, 5.74) is 2.41. The lowest BCUT2D eigenvalue weighted by Crippen LogP contribution is -2.34. The first-order valence-electron chi connectivity index (χ1n) is 6.09. The topological polar surface area (TPSA) is 37.6 Å². The van der Waals surface area contributed by atoms with Crippen LogP contribution in [0.15, 0.2) is 24.5 Å². The first-order valence-corrected chi connectivity index (χ1v) is 6.09. The minimum Gasteiger partial charge on any atom is -0.370 e. The summed E-state index contributed by atoms with van der Waals surface area (Å²) in [5.74, 6) is 0. The number of aromatic nitrogens is 2. The standard InChI is InChI=1S/C13H14FN3O/c14-11-3-5-16(6-4-11)12-1-2-13-10(9-18)7-15-17(13)8-12/h1-2,7-9,11H,3-6H2. The second kappa shape index (κ2) is 4.40. The molecule has 2 aromatic heterocycles. The second-order valence-corrected chi connectivity index (χ2v) is 4.60. The molecule has 3 rings (SSSR count). The molecule has 94 valence electrons. The lowest BCUT2D eigenvalue weighted by molar-refractivity contribution is 0.112. The highest BCUT2D eigenvalue weighted by molar-refractivity contribution is 5.85. The summed E-state index contributed by atoms with van der Waals surface area (Å²) in [6.45, 7) is 1.46. The molecule has 1 saturated heterocycles. The summed E-state index contributed by atoms with van der Waals surface area (Å²) >= 11 is 0. The van der Waals surface area contributed by atoms with Crippen molar-refractivity contribution in [2.45, 2.75) is 19.0 Å². The van der Waals surface area contributed by atoms with Crippen molar-refractivity contribution in [1.29, 1.82) is 0 Å². The molecule has 0 unspecified atom stereocenters. The van der Waals surface area contributed by atoms with Gasteiger partial charge in [0.1, 0.15) is 6.17 Å². The Morgan fingerprint density at radius 3 is 2.83 bits per heavy atom. The molecule has 0 saturated carbocycles. The van der Waals surface area contributed by atoms with Crippen molar-refractivity contribution in [2.24, 2.45) is 0 Å². The number of anilines is 1. The molecule has 0 aliphatic carbocycles. The molecule has 5 heteroatoms. The zero-order valence-electron chi connectivity index (χ0n) is 9.92. The molecule has 2 aromatic rings. The molecule has 0 radical (unpaired) electrons. The Bertz CT molecular complexity index is 573. The van der Waals surface area contributed by atoms with Crippen LogP contribution in [0.3, 0.4) is 0 Å². The second-order valence-electron chi connectivity index (χ2n) is 4.60. The van der Waals surface area contributed by atoms with E-state index in [0.29, 0.717) is 18.4 Å². The zero-order valence-corrected chi connectivity index (χ0v) is 9.92. The monoisotopic (exact) mass is 247 g/mol. The van der Waals surface area contributed by atoms with Crippen LogP contribution in [0.2, 0.25) is 0 Å². The van der Waals surface area contributed by atoms with E-state index in [-0.39, 0.29) is 0 Å². The van der Waals surface area contributed by atoms with E-state index in [1.54, 1.807) is 10.7 Å². The molecular formula is C13H14FN3O. The molecule has 3 heterocycles. The van der Waals surface area contributed by atoms with Gasteiger partial charge in [-0.25, -0.2) is 8.91 Å². The Labute approximate surface area is 104 Å². The van der Waals surface area contributed by atoms with E-state index in [9.17, 15) is 9.18 Å². The van der Waals surface area contributed by atoms with E-state index in [0.717, 1.165) is 30.6 Å². The summed E-state index contributed by atoms with van der Waals surface area (Å²) < 4.78 is 14.8. The van der Waals surface area contributed by atoms with Gasteiger partial charge in [-0.2, -0.15) is 5.10 Å². The van der Waals surface area contributed by atoms with E-state index >= 15 is 0 Å². The number of halogens is 1. The van der Waals surface area contributed by atoms with Crippen molar-refractivity contribution < 1.29 is 9.18 Å². The maximum absolute atomic E-state index is 13.1. The van der Waals surface area contributed by atoms with Crippen LogP contribution < -0.4 is 4.90 Å². The van der Waals surface area contributed by atoms with E-state index in [1.807, 2.05) is 18.3 Å². The third-order valence-corrected chi connectivity index (χ3v) is 3.45. The number of rotatable bonds is 2. The molecule has 0 atom stereocenters. The van der Waals surface area contributed by atoms with Crippen LogP contribution in [0, 0.1) is 0 Å². The van der Waals surface area contributed by atoms with Gasteiger partial charge in [0.25, 0.3) is 0 Å². The molecule has 18 heavy (non-hydrogen) atoms. The fraction of sp³-hybridized carbons (Fsp3) is 0.385. The van der Waals surface area contributed by atoms with E-state index in [4.69, 9.17) is 0 Å². The first-order chi connectivity index (χ1) is 8.78. The SMILES string of the molecule is O=Cc1cnn2cc(N3CCC(F)CC3)ccc12. The normalized spacial score (nSPS) is 17.3. The number of carbonyl (C=O) groups is 1. The molecule has 0 spiro atoms. The van der Waals surface area contributed by atoms with E-state index in [2.05, 4.69) is 10.00 Å². The summed E-state index contributed by atoms with van der Waals surface area (Å²) in [7, 11) is 0. The quantitative estimate of drug-likeness (QED) is 0.762. The summed E-state index contributed by atoms with van der Waals surface area (Å²) in [6.07, 6.45) is 4.74. The number of pyridine rings is 1. The predicted molar refractivity (Wildman–Crippen MR) is 66.9 cm³/mol. The summed E-state index contributed by atoms with van der Waals surface area (Å²) in [4.78, 5) is 12.9. The van der Waals surface area contributed by atoms with Gasteiger partial charge in [-0.15, -0.1) is 0 Å². The van der Waals surface area contributed by atoms with Crippen molar-refractivity contribution >= 4 is 17.5 Å². The average Bonchev–Trinajstić information content (AvgIpc) is 2.81. The molecular weight excluding hydrogens is 233 g/mol. The van der Waals surface area contributed by atoms with Gasteiger partial charge in [0.2, 0.25) is 0 Å². The van der Waals surface area contributed by atoms with E-state index < -0.39 is 6.17 Å². The molecule has 0 bridgehead atoms. The van der Waals surface area contributed by atoms with Crippen LogP contribution in [0.25, 0.3) is 5.52 Å². The van der Waals surface area contributed by atoms with Gasteiger partial charge in [-0.3, -0.25) is 4.79 Å². The van der Waals surface area contributed by atoms with Crippen molar-refractivity contribution in [1.82, 2.24) is 9.61 Å². The fourth-order valence-corrected chi connectivity index (χ4v) is 2.38. The maximum atomic E-state index is 13.1. The van der Waals surface area contributed by atoms with Crippen LogP contribution in [0.4, 0.5) is 10.1 Å². The number of hydrogen-bond donors (Lipinski definition) is 0. The Morgan fingerprint density at radius 2 is 2.11 bits per heavy atom. The first kappa shape index (κ1) is 11.2. The number of fused-ring (bicyclic) bond motifs is 1. The average molecular weight is 247 g/mol. The van der Waals surface area contributed by atoms with Crippen molar-refractivity contribution in [3.05, 3.63) is 30.1 Å². The van der Waals surface area contributed by atoms with Gasteiger partial charge < -0.3 is 4.90 Å². The highest BCUT2D eigenvalue weighted by atomic mass is 19.1. The highest BCUT2D eigenvalue weighted by Gasteiger charge is 2.19. The lowest BCUT2D eigenvalue weighted by Gasteiger charge is -2.30. The van der Waals surface area contributed by atoms with Gasteiger partial charge in [-0.1, -0.05) is 0 Å². The summed E-state index contributed by atoms with van der Waals surface area (Å²) in [6, 6.07) is 3.84. The number of nitrogens with zero attached hydrogens (tertiary/aromatic N) is 3. The van der Waals surface area contributed by atoms with E-state index in [1.165, 1.54) is 0 Å². The number of carbonyl (C=O) groups excluding carboxylic acids is 1. The van der Waals surface area contributed by atoms with Crippen LogP contribution in [0.5, 0.6) is 0 Å². The third kappa shape index (κ3) is 1.85. The summed E-state index contributed by atoms with van der Waals surface area (Å²) in [5, 5.41) is 4.14. The van der Waals surface area contributed by atoms with Crippen LogP contribution in [-0.2, 0) is 0 Å². The lowest BCUT2D eigenvalue weighted by atomic mass is 10.1. The molecule has 0 amide bonds. The molecule has 1 fully saturated rings. The van der Waals surface area contributed by atoms with Gasteiger partial charge in [-0.05, 0) is 25.0 Å². The Kier molecular flexibility index (Phi) is 2.74. The molecule has 4 nitrogen and oxygen atoms in total. The largest absolute Gasteiger partial charge is 0.370 e. The van der Waals surface area contributed by atoms with Gasteiger partial charge in [0.05, 0.1) is 29.2 Å². The Morgan fingerprint density at radius 1 is 1.33 bits per heavy atom. The van der Waals surface area contributed by atoms with Gasteiger partial charge in [0, 0.05) is 13.1 Å². The molecule has 1 aliphatic heterocycles. The zero-order chi connectivity index (χ0) is 12.5. The smallest absolute Gasteiger partial charge is 0.153 e. The minimum atomic E-state index is -0.670. The number of piperidine rings is 1. The molecule has 1 aliphatic rings. The van der Waals surface area contributed by atoms with Crippen LogP contribution in [-0.4, -0.2) is 35.2 Å². The molecule has 0 N–H and O–H groups in total. The Balaban J connectivity index is 1.91. The fourth-order valence-electron chi connectivity index (χ4n) is 2.38. The molecule has 0 aromatic carbocycles. The van der Waals surface area contributed by atoms with Gasteiger partial charge in [0.15, 0.2) is 6.29 Å².